The molecular weight excluding hydrogens is 362 g/mol. The number of hydrogen-bond donors (Lipinski definition) is 3. The van der Waals surface area contributed by atoms with Crippen molar-refractivity contribution >= 4 is 34.8 Å². The first-order valence-corrected chi connectivity index (χ1v) is 9.40. The van der Waals surface area contributed by atoms with Gasteiger partial charge in [-0.2, -0.15) is 0 Å². The van der Waals surface area contributed by atoms with E-state index in [0.29, 0.717) is 16.6 Å². The van der Waals surface area contributed by atoms with Gasteiger partial charge in [0.15, 0.2) is 13.1 Å². The normalized spacial score (nSPS) is 11.9. The average molecular weight is 389 g/mol. The Labute approximate surface area is 165 Å². The summed E-state index contributed by atoms with van der Waals surface area (Å²) in [6, 6.07) is 13.1. The molecule has 2 amide bonds. The lowest BCUT2D eigenvalue weighted by Gasteiger charge is -2.18. The Morgan fingerprint density at radius 3 is 2.26 bits per heavy atom. The summed E-state index contributed by atoms with van der Waals surface area (Å²) < 4.78 is 0. The second-order valence-electron chi connectivity index (χ2n) is 7.08. The third-order valence-corrected chi connectivity index (χ3v) is 4.59. The largest absolute Gasteiger partial charge is 0.322 e. The number of carbonyl (C=O) groups excluding carboxylic acids is 2. The Balaban J connectivity index is 1.93. The molecule has 2 aromatic rings. The van der Waals surface area contributed by atoms with E-state index in [1.807, 2.05) is 32.2 Å². The van der Waals surface area contributed by atoms with Crippen molar-refractivity contribution in [2.75, 3.05) is 30.8 Å². The van der Waals surface area contributed by atoms with Gasteiger partial charge in [0.2, 0.25) is 0 Å². The van der Waals surface area contributed by atoms with Gasteiger partial charge in [-0.3, -0.25) is 9.59 Å². The molecule has 1 unspecified atom stereocenters. The number of rotatable bonds is 7. The lowest BCUT2D eigenvalue weighted by molar-refractivity contribution is -0.862. The molecule has 0 aliphatic heterocycles. The zero-order chi connectivity index (χ0) is 20.0. The number of nitrogens with one attached hydrogen (secondary N) is 3. The minimum atomic E-state index is -0.188. The summed E-state index contributed by atoms with van der Waals surface area (Å²) in [6.45, 7) is 6.54. The highest BCUT2D eigenvalue weighted by Crippen LogP contribution is 2.27. The number of halogens is 1. The van der Waals surface area contributed by atoms with Crippen molar-refractivity contribution in [3.63, 3.8) is 0 Å². The van der Waals surface area contributed by atoms with Crippen molar-refractivity contribution in [1.29, 1.82) is 0 Å². The number of hydrogen-bond acceptors (Lipinski definition) is 2. The van der Waals surface area contributed by atoms with E-state index >= 15 is 0 Å². The number of quaternary nitrogens is 1. The number of carbonyl (C=O) groups is 2. The third kappa shape index (κ3) is 6.08. The van der Waals surface area contributed by atoms with Crippen LogP contribution in [0.25, 0.3) is 0 Å². The summed E-state index contributed by atoms with van der Waals surface area (Å²) in [4.78, 5) is 25.4. The van der Waals surface area contributed by atoms with Crippen LogP contribution >= 0.6 is 11.6 Å². The molecule has 0 fully saturated rings. The first kappa shape index (κ1) is 20.9. The molecule has 0 aliphatic rings. The van der Waals surface area contributed by atoms with Gasteiger partial charge >= 0.3 is 0 Å². The van der Waals surface area contributed by atoms with E-state index in [1.165, 1.54) is 0 Å². The predicted octanol–water partition coefficient (Wildman–Crippen LogP) is 2.86. The fraction of sp³-hybridized carbons (Fsp3) is 0.333. The zero-order valence-corrected chi connectivity index (χ0v) is 17.0. The number of benzene rings is 2. The average Bonchev–Trinajstić information content (AvgIpc) is 2.58. The molecule has 27 heavy (non-hydrogen) atoms. The molecule has 144 valence electrons. The highest BCUT2D eigenvalue weighted by molar-refractivity contribution is 6.33. The molecule has 0 heterocycles. The van der Waals surface area contributed by atoms with Crippen molar-refractivity contribution in [3.8, 4) is 0 Å². The lowest BCUT2D eigenvalue weighted by atomic mass is 9.98. The SMILES string of the molecule is Cc1cccc(C(C)C)c1NC(=O)C[NH+](C)CC(=O)Nc1ccccc1Cl. The Hall–Kier alpha value is -2.37. The van der Waals surface area contributed by atoms with Crippen molar-refractivity contribution in [2.24, 2.45) is 0 Å². The van der Waals surface area contributed by atoms with E-state index in [2.05, 4.69) is 24.5 Å². The van der Waals surface area contributed by atoms with Crippen LogP contribution in [0.4, 0.5) is 11.4 Å². The van der Waals surface area contributed by atoms with Gasteiger partial charge < -0.3 is 15.5 Å². The molecule has 2 rings (SSSR count). The van der Waals surface area contributed by atoms with Crippen LogP contribution in [0.5, 0.6) is 0 Å². The number of anilines is 2. The van der Waals surface area contributed by atoms with Crippen LogP contribution in [0.1, 0.15) is 30.9 Å². The first-order chi connectivity index (χ1) is 12.8. The molecule has 6 heteroatoms. The zero-order valence-electron chi connectivity index (χ0n) is 16.2. The topological polar surface area (TPSA) is 62.6 Å². The third-order valence-electron chi connectivity index (χ3n) is 4.26. The van der Waals surface area contributed by atoms with E-state index in [4.69, 9.17) is 11.6 Å². The van der Waals surface area contributed by atoms with Gasteiger partial charge in [-0.1, -0.05) is 55.8 Å². The summed E-state index contributed by atoms with van der Waals surface area (Å²) in [7, 11) is 1.81. The molecule has 1 atom stereocenters. The molecule has 0 saturated heterocycles. The van der Waals surface area contributed by atoms with E-state index < -0.39 is 0 Å². The van der Waals surface area contributed by atoms with Gasteiger partial charge in [0.05, 0.1) is 17.8 Å². The molecule has 0 radical (unpaired) electrons. The highest BCUT2D eigenvalue weighted by atomic mass is 35.5. The van der Waals surface area contributed by atoms with Crippen LogP contribution in [-0.2, 0) is 9.59 Å². The molecule has 2 aromatic carbocycles. The lowest BCUT2D eigenvalue weighted by Crippen LogP contribution is -3.11. The molecule has 3 N–H and O–H groups in total. The van der Waals surface area contributed by atoms with E-state index in [-0.39, 0.29) is 24.9 Å². The maximum Gasteiger partial charge on any atom is 0.279 e. The van der Waals surface area contributed by atoms with Crippen LogP contribution in [0, 0.1) is 6.92 Å². The summed E-state index contributed by atoms with van der Waals surface area (Å²) in [5.41, 5.74) is 3.58. The summed E-state index contributed by atoms with van der Waals surface area (Å²) >= 11 is 6.05. The molecule has 0 saturated carbocycles. The van der Waals surface area contributed by atoms with Crippen LogP contribution in [0.15, 0.2) is 42.5 Å². The van der Waals surface area contributed by atoms with E-state index in [1.54, 1.807) is 24.3 Å². The summed E-state index contributed by atoms with van der Waals surface area (Å²) in [6.07, 6.45) is 0. The summed E-state index contributed by atoms with van der Waals surface area (Å²) in [5, 5.41) is 6.27. The van der Waals surface area contributed by atoms with Crippen molar-refractivity contribution in [3.05, 3.63) is 58.6 Å². The monoisotopic (exact) mass is 388 g/mol. The minimum absolute atomic E-state index is 0.116. The van der Waals surface area contributed by atoms with Gasteiger partial charge in [-0.15, -0.1) is 0 Å². The van der Waals surface area contributed by atoms with E-state index in [9.17, 15) is 9.59 Å². The Morgan fingerprint density at radius 1 is 1.00 bits per heavy atom. The number of likely N-dealkylation sites (N-methyl/N-ethyl adjacent to an activating group) is 1. The maximum absolute atomic E-state index is 12.5. The Morgan fingerprint density at radius 2 is 1.63 bits per heavy atom. The number of para-hydroxylation sites is 2. The van der Waals surface area contributed by atoms with Crippen molar-refractivity contribution in [1.82, 2.24) is 0 Å². The fourth-order valence-electron chi connectivity index (χ4n) is 2.89. The summed E-state index contributed by atoms with van der Waals surface area (Å²) in [5.74, 6) is 0.00748. The molecule has 5 nitrogen and oxygen atoms in total. The second kappa shape index (κ2) is 9.53. The Kier molecular flexibility index (Phi) is 7.39. The van der Waals surface area contributed by atoms with Gasteiger partial charge in [-0.05, 0) is 36.1 Å². The predicted molar refractivity (Wildman–Crippen MR) is 111 cm³/mol. The van der Waals surface area contributed by atoms with Crippen LogP contribution in [0.3, 0.4) is 0 Å². The van der Waals surface area contributed by atoms with Crippen LogP contribution in [0.2, 0.25) is 5.02 Å². The number of amides is 2. The highest BCUT2D eigenvalue weighted by Gasteiger charge is 2.17. The second-order valence-corrected chi connectivity index (χ2v) is 7.49. The maximum atomic E-state index is 12.5. The molecule has 0 spiro atoms. The van der Waals surface area contributed by atoms with Crippen LogP contribution in [-0.4, -0.2) is 32.0 Å². The molecule has 0 aromatic heterocycles. The van der Waals surface area contributed by atoms with Gasteiger partial charge in [0.25, 0.3) is 11.8 Å². The van der Waals surface area contributed by atoms with Gasteiger partial charge in [0.1, 0.15) is 0 Å². The molecule has 0 bridgehead atoms. The first-order valence-electron chi connectivity index (χ1n) is 9.03. The minimum Gasteiger partial charge on any atom is -0.322 e. The standard InChI is InChI=1S/C21H26ClN3O2/c1-14(2)16-9-7-8-15(3)21(16)24-20(27)13-25(4)12-19(26)23-18-11-6-5-10-17(18)22/h5-11,14H,12-13H2,1-4H3,(H,23,26)(H,24,27)/p+1. The molecule has 0 aliphatic carbocycles. The van der Waals surface area contributed by atoms with E-state index in [0.717, 1.165) is 21.7 Å². The fourth-order valence-corrected chi connectivity index (χ4v) is 3.08. The van der Waals surface area contributed by atoms with Gasteiger partial charge in [-0.25, -0.2) is 0 Å². The Bertz CT molecular complexity index is 821. The van der Waals surface area contributed by atoms with Gasteiger partial charge in [0, 0.05) is 5.69 Å². The van der Waals surface area contributed by atoms with Crippen molar-refractivity contribution in [2.45, 2.75) is 26.7 Å². The number of aryl methyl sites for hydroxylation is 1. The quantitative estimate of drug-likeness (QED) is 0.683. The molecular formula is C21H27ClN3O2+. The van der Waals surface area contributed by atoms with Crippen LogP contribution < -0.4 is 15.5 Å². The van der Waals surface area contributed by atoms with Crippen molar-refractivity contribution < 1.29 is 14.5 Å². The smallest absolute Gasteiger partial charge is 0.279 e.